The van der Waals surface area contributed by atoms with E-state index < -0.39 is 6.10 Å². The second kappa shape index (κ2) is 7.60. The van der Waals surface area contributed by atoms with Gasteiger partial charge >= 0.3 is 0 Å². The minimum Gasteiger partial charge on any atom is -0.488 e. The fourth-order valence-corrected chi connectivity index (χ4v) is 3.49. The van der Waals surface area contributed by atoms with E-state index in [4.69, 9.17) is 18.9 Å². The van der Waals surface area contributed by atoms with Gasteiger partial charge in [0.1, 0.15) is 31.7 Å². The molecule has 5 nitrogen and oxygen atoms in total. The van der Waals surface area contributed by atoms with Gasteiger partial charge in [-0.25, -0.2) is 0 Å². The van der Waals surface area contributed by atoms with Crippen molar-refractivity contribution >= 4 is 5.78 Å². The summed E-state index contributed by atoms with van der Waals surface area (Å²) in [5.41, 5.74) is 2.50. The van der Waals surface area contributed by atoms with E-state index in [1.165, 1.54) is 0 Å². The molecule has 3 aromatic carbocycles. The Bertz CT molecular complexity index is 1030. The Labute approximate surface area is 168 Å². The normalized spacial score (nSPS) is 19.4. The van der Waals surface area contributed by atoms with E-state index in [2.05, 4.69) is 0 Å². The van der Waals surface area contributed by atoms with Crippen LogP contribution in [0, 0.1) is 0 Å². The lowest BCUT2D eigenvalue weighted by Crippen LogP contribution is -2.15. The topological polar surface area (TPSA) is 57.3 Å². The number of epoxide rings is 1. The van der Waals surface area contributed by atoms with Gasteiger partial charge in [-0.05, 0) is 35.4 Å². The largest absolute Gasteiger partial charge is 0.488 e. The summed E-state index contributed by atoms with van der Waals surface area (Å²) in [6.07, 6.45) is -0.792. The number of rotatable bonds is 6. The second-order valence-corrected chi connectivity index (χ2v) is 7.02. The smallest absolute Gasteiger partial charge is 0.198 e. The van der Waals surface area contributed by atoms with Gasteiger partial charge < -0.3 is 18.9 Å². The molecule has 2 heterocycles. The van der Waals surface area contributed by atoms with Gasteiger partial charge in [0.25, 0.3) is 0 Å². The number of benzene rings is 3. The number of hydrogen-bond donors (Lipinski definition) is 0. The number of ether oxygens (including phenoxy) is 4. The summed E-state index contributed by atoms with van der Waals surface area (Å²) < 4.78 is 22.8. The van der Waals surface area contributed by atoms with Crippen LogP contribution in [0.2, 0.25) is 0 Å². The van der Waals surface area contributed by atoms with Crippen LogP contribution in [-0.2, 0) is 11.3 Å². The molecule has 0 radical (unpaired) electrons. The lowest BCUT2D eigenvalue weighted by Gasteiger charge is -2.18. The highest BCUT2D eigenvalue weighted by molar-refractivity contribution is 6.03. The summed E-state index contributed by atoms with van der Waals surface area (Å²) in [7, 11) is 0. The number of carbonyl (C=O) groups excluding carboxylic acids is 1. The van der Waals surface area contributed by atoms with E-state index in [-0.39, 0.29) is 11.9 Å². The van der Waals surface area contributed by atoms with Crippen LogP contribution in [0.25, 0.3) is 0 Å². The van der Waals surface area contributed by atoms with Crippen molar-refractivity contribution in [3.05, 3.63) is 89.5 Å². The highest BCUT2D eigenvalue weighted by Crippen LogP contribution is 2.44. The monoisotopic (exact) mass is 388 g/mol. The van der Waals surface area contributed by atoms with Gasteiger partial charge in [-0.15, -0.1) is 0 Å². The van der Waals surface area contributed by atoms with Crippen molar-refractivity contribution in [3.8, 4) is 17.2 Å². The molecule has 3 aromatic rings. The zero-order valence-electron chi connectivity index (χ0n) is 15.7. The Balaban J connectivity index is 1.30. The predicted molar refractivity (Wildman–Crippen MR) is 107 cm³/mol. The molecule has 2 aliphatic rings. The van der Waals surface area contributed by atoms with Gasteiger partial charge in [0.2, 0.25) is 0 Å². The SMILES string of the molecule is O=C(c1ccccc1OCc1ccccc1)[C@H]1O[C@H]1c1ccc2c(c1)OCCO2. The third-order valence-electron chi connectivity index (χ3n) is 5.03. The molecule has 29 heavy (non-hydrogen) atoms. The van der Waals surface area contributed by atoms with Crippen molar-refractivity contribution in [3.63, 3.8) is 0 Å². The van der Waals surface area contributed by atoms with Crippen LogP contribution in [0.1, 0.15) is 27.6 Å². The molecule has 1 saturated heterocycles. The van der Waals surface area contributed by atoms with Gasteiger partial charge in [0.05, 0.1) is 5.56 Å². The second-order valence-electron chi connectivity index (χ2n) is 7.02. The molecule has 5 rings (SSSR count). The number of hydrogen-bond acceptors (Lipinski definition) is 5. The van der Waals surface area contributed by atoms with Crippen LogP contribution in [0.3, 0.4) is 0 Å². The Morgan fingerprint density at radius 3 is 2.52 bits per heavy atom. The van der Waals surface area contributed by atoms with Gasteiger partial charge in [0, 0.05) is 0 Å². The molecule has 0 spiro atoms. The molecular weight excluding hydrogens is 368 g/mol. The van der Waals surface area contributed by atoms with E-state index in [9.17, 15) is 4.79 Å². The average Bonchev–Trinajstić information content (AvgIpc) is 3.59. The highest BCUT2D eigenvalue weighted by Gasteiger charge is 2.47. The molecule has 0 amide bonds. The van der Waals surface area contributed by atoms with Crippen molar-refractivity contribution in [2.24, 2.45) is 0 Å². The standard InChI is InChI=1S/C24H20O5/c25-22(18-8-4-5-9-19(18)28-15-16-6-2-1-3-7-16)24-23(29-24)17-10-11-20-21(14-17)27-13-12-26-20/h1-11,14,23-24H,12-13,15H2/t23-,24+/m0/s1. The predicted octanol–water partition coefficient (Wildman–Crippen LogP) is 4.36. The Kier molecular flexibility index (Phi) is 4.66. The summed E-state index contributed by atoms with van der Waals surface area (Å²) in [5, 5.41) is 0. The third-order valence-corrected chi connectivity index (χ3v) is 5.03. The van der Waals surface area contributed by atoms with Crippen LogP contribution in [0.4, 0.5) is 0 Å². The maximum absolute atomic E-state index is 13.1. The molecule has 5 heteroatoms. The first kappa shape index (κ1) is 17.8. The molecule has 0 N–H and O–H groups in total. The number of Topliss-reactive ketones (excluding diaryl/α,β-unsaturated/α-hetero) is 1. The van der Waals surface area contributed by atoms with Crippen LogP contribution in [-0.4, -0.2) is 25.1 Å². The van der Waals surface area contributed by atoms with Gasteiger partial charge in [-0.2, -0.15) is 0 Å². The van der Waals surface area contributed by atoms with E-state index in [0.29, 0.717) is 36.9 Å². The maximum atomic E-state index is 13.1. The van der Waals surface area contributed by atoms with Crippen LogP contribution in [0.15, 0.2) is 72.8 Å². The first-order valence-electron chi connectivity index (χ1n) is 9.64. The molecule has 0 bridgehead atoms. The molecule has 2 atom stereocenters. The van der Waals surface area contributed by atoms with Crippen molar-refractivity contribution < 1.29 is 23.7 Å². The quantitative estimate of drug-likeness (QED) is 0.464. The molecule has 0 aliphatic carbocycles. The van der Waals surface area contributed by atoms with Crippen molar-refractivity contribution in [1.82, 2.24) is 0 Å². The zero-order valence-corrected chi connectivity index (χ0v) is 15.7. The van der Waals surface area contributed by atoms with Crippen LogP contribution >= 0.6 is 0 Å². The molecule has 0 aromatic heterocycles. The van der Waals surface area contributed by atoms with E-state index in [1.54, 1.807) is 6.07 Å². The first-order valence-corrected chi connectivity index (χ1v) is 9.64. The minimum atomic E-state index is -0.515. The van der Waals surface area contributed by atoms with Crippen molar-refractivity contribution in [1.29, 1.82) is 0 Å². The summed E-state index contributed by atoms with van der Waals surface area (Å²) >= 11 is 0. The molecule has 1 fully saturated rings. The Morgan fingerprint density at radius 1 is 0.897 bits per heavy atom. The minimum absolute atomic E-state index is 0.0754. The maximum Gasteiger partial charge on any atom is 0.198 e. The zero-order chi connectivity index (χ0) is 19.6. The van der Waals surface area contributed by atoms with E-state index >= 15 is 0 Å². The lowest BCUT2D eigenvalue weighted by atomic mass is 10.0. The van der Waals surface area contributed by atoms with Gasteiger partial charge in [0.15, 0.2) is 23.4 Å². The molecule has 0 saturated carbocycles. The molecule has 0 unspecified atom stereocenters. The summed E-state index contributed by atoms with van der Waals surface area (Å²) in [6.45, 7) is 1.48. The molecule has 2 aliphatic heterocycles. The number of ketones is 1. The lowest BCUT2D eigenvalue weighted by molar-refractivity contribution is 0.0949. The van der Waals surface area contributed by atoms with E-state index in [0.717, 1.165) is 16.9 Å². The number of para-hydroxylation sites is 1. The van der Waals surface area contributed by atoms with Gasteiger partial charge in [-0.1, -0.05) is 48.5 Å². The summed E-state index contributed by atoms with van der Waals surface area (Å²) in [6, 6.07) is 22.9. The fraction of sp³-hybridized carbons (Fsp3) is 0.208. The molecular formula is C24H20O5. The fourth-order valence-electron chi connectivity index (χ4n) is 3.49. The highest BCUT2D eigenvalue weighted by atomic mass is 16.6. The van der Waals surface area contributed by atoms with Gasteiger partial charge in [-0.3, -0.25) is 4.79 Å². The van der Waals surface area contributed by atoms with Crippen molar-refractivity contribution in [2.45, 2.75) is 18.8 Å². The van der Waals surface area contributed by atoms with Crippen LogP contribution < -0.4 is 14.2 Å². The first-order chi connectivity index (χ1) is 14.3. The summed E-state index contributed by atoms with van der Waals surface area (Å²) in [4.78, 5) is 13.1. The van der Waals surface area contributed by atoms with E-state index in [1.807, 2.05) is 66.7 Å². The molecule has 146 valence electrons. The Morgan fingerprint density at radius 2 is 1.66 bits per heavy atom. The van der Waals surface area contributed by atoms with Crippen LogP contribution in [0.5, 0.6) is 17.2 Å². The third kappa shape index (κ3) is 3.69. The summed E-state index contributed by atoms with van der Waals surface area (Å²) in [5.74, 6) is 1.91. The number of fused-ring (bicyclic) bond motifs is 1. The number of carbonyl (C=O) groups is 1. The van der Waals surface area contributed by atoms with Crippen molar-refractivity contribution in [2.75, 3.05) is 13.2 Å². The average molecular weight is 388 g/mol. The Hall–Kier alpha value is -3.31.